The monoisotopic (exact) mass is 370 g/mol. The lowest BCUT2D eigenvalue weighted by molar-refractivity contribution is -0.158. The summed E-state index contributed by atoms with van der Waals surface area (Å²) >= 11 is 0. The van der Waals surface area contributed by atoms with Gasteiger partial charge in [0.1, 0.15) is 11.9 Å². The minimum atomic E-state index is -0.614. The van der Waals surface area contributed by atoms with Crippen LogP contribution in [0.2, 0.25) is 0 Å². The molecule has 1 unspecified atom stereocenters. The number of esters is 2. The third kappa shape index (κ3) is 5.00. The van der Waals surface area contributed by atoms with Gasteiger partial charge in [-0.2, -0.15) is 0 Å². The Hall–Kier alpha value is -2.10. The molecule has 0 radical (unpaired) electrons. The zero-order valence-corrected chi connectivity index (χ0v) is 16.2. The maximum Gasteiger partial charge on any atom is 0.316 e. The van der Waals surface area contributed by atoms with Gasteiger partial charge in [0.2, 0.25) is 0 Å². The molecular formula is C23H30O4. The molecule has 146 valence electrons. The van der Waals surface area contributed by atoms with Crippen molar-refractivity contribution in [3.8, 4) is 5.75 Å². The average Bonchev–Trinajstić information content (AvgIpc) is 2.63. The van der Waals surface area contributed by atoms with Crippen molar-refractivity contribution in [2.75, 3.05) is 0 Å². The first-order valence-electron chi connectivity index (χ1n) is 10.3. The van der Waals surface area contributed by atoms with Crippen molar-refractivity contribution < 1.29 is 19.1 Å². The van der Waals surface area contributed by atoms with Crippen molar-refractivity contribution in [3.63, 3.8) is 0 Å². The molecule has 27 heavy (non-hydrogen) atoms. The van der Waals surface area contributed by atoms with Crippen molar-refractivity contribution in [1.82, 2.24) is 0 Å². The molecule has 1 atom stereocenters. The maximum atomic E-state index is 13.4. The van der Waals surface area contributed by atoms with E-state index in [0.717, 1.165) is 63.4 Å². The fourth-order valence-corrected chi connectivity index (χ4v) is 4.28. The number of allylic oxidation sites excluding steroid dienone is 2. The lowest BCUT2D eigenvalue weighted by Crippen LogP contribution is -2.40. The summed E-state index contributed by atoms with van der Waals surface area (Å²) in [4.78, 5) is 24.6. The van der Waals surface area contributed by atoms with Gasteiger partial charge in [0.05, 0.1) is 5.41 Å². The van der Waals surface area contributed by atoms with Gasteiger partial charge in [-0.05, 0) is 75.5 Å². The van der Waals surface area contributed by atoms with E-state index in [9.17, 15) is 9.59 Å². The number of hydrogen-bond acceptors (Lipinski definition) is 4. The Morgan fingerprint density at radius 3 is 2.33 bits per heavy atom. The first-order valence-corrected chi connectivity index (χ1v) is 10.3. The van der Waals surface area contributed by atoms with E-state index in [2.05, 4.69) is 12.2 Å². The molecule has 1 fully saturated rings. The number of benzene rings is 1. The SMILES string of the molecule is CC(=O)Oc1ccc(C2(C(=O)OC3CCCCC3)CCC=CCCC2)cc1. The highest BCUT2D eigenvalue weighted by Crippen LogP contribution is 2.39. The van der Waals surface area contributed by atoms with Crippen molar-refractivity contribution in [3.05, 3.63) is 42.0 Å². The van der Waals surface area contributed by atoms with E-state index in [1.54, 1.807) is 12.1 Å². The molecule has 0 N–H and O–H groups in total. The van der Waals surface area contributed by atoms with Crippen LogP contribution in [0.3, 0.4) is 0 Å². The van der Waals surface area contributed by atoms with Gasteiger partial charge in [-0.1, -0.05) is 30.7 Å². The third-order valence-corrected chi connectivity index (χ3v) is 5.76. The van der Waals surface area contributed by atoms with Gasteiger partial charge in [-0.15, -0.1) is 0 Å². The molecule has 1 saturated carbocycles. The lowest BCUT2D eigenvalue weighted by atomic mass is 9.72. The number of carbonyl (C=O) groups is 2. The summed E-state index contributed by atoms with van der Waals surface area (Å²) in [5.74, 6) is 0.0861. The van der Waals surface area contributed by atoms with Crippen LogP contribution in [0.15, 0.2) is 36.4 Å². The summed E-state index contributed by atoms with van der Waals surface area (Å²) in [7, 11) is 0. The molecule has 4 heteroatoms. The van der Waals surface area contributed by atoms with Gasteiger partial charge >= 0.3 is 11.9 Å². The fourth-order valence-electron chi connectivity index (χ4n) is 4.28. The molecular weight excluding hydrogens is 340 g/mol. The van der Waals surface area contributed by atoms with Crippen molar-refractivity contribution in [2.45, 2.75) is 82.7 Å². The van der Waals surface area contributed by atoms with E-state index < -0.39 is 5.41 Å². The molecule has 0 spiro atoms. The van der Waals surface area contributed by atoms with Gasteiger partial charge in [0.25, 0.3) is 0 Å². The number of carbonyl (C=O) groups excluding carboxylic acids is 2. The predicted octanol–water partition coefficient (Wildman–Crippen LogP) is 5.25. The molecule has 4 nitrogen and oxygen atoms in total. The zero-order chi connectivity index (χ0) is 19.1. The molecule has 2 aliphatic rings. The smallest absolute Gasteiger partial charge is 0.316 e. The highest BCUT2D eigenvalue weighted by Gasteiger charge is 2.42. The summed E-state index contributed by atoms with van der Waals surface area (Å²) in [6.07, 6.45) is 14.3. The second-order valence-corrected chi connectivity index (χ2v) is 7.77. The van der Waals surface area contributed by atoms with Gasteiger partial charge in [0.15, 0.2) is 0 Å². The van der Waals surface area contributed by atoms with Gasteiger partial charge in [-0.25, -0.2) is 0 Å². The fraction of sp³-hybridized carbons (Fsp3) is 0.565. The summed E-state index contributed by atoms with van der Waals surface area (Å²) in [6.45, 7) is 1.39. The second-order valence-electron chi connectivity index (χ2n) is 7.77. The quantitative estimate of drug-likeness (QED) is 0.413. The molecule has 0 bridgehead atoms. The lowest BCUT2D eigenvalue weighted by Gasteiger charge is -2.35. The minimum absolute atomic E-state index is 0.0597. The average molecular weight is 370 g/mol. The molecule has 0 aliphatic heterocycles. The van der Waals surface area contributed by atoms with E-state index in [4.69, 9.17) is 9.47 Å². The normalized spacial score (nSPS) is 23.9. The Morgan fingerprint density at radius 2 is 1.63 bits per heavy atom. The van der Waals surface area contributed by atoms with Gasteiger partial charge < -0.3 is 9.47 Å². The molecule has 3 rings (SSSR count). The summed E-state index contributed by atoms with van der Waals surface area (Å²) in [5.41, 5.74) is 0.353. The van der Waals surface area contributed by atoms with Crippen molar-refractivity contribution in [2.24, 2.45) is 0 Å². The number of ether oxygens (including phenoxy) is 2. The first kappa shape index (κ1) is 19.7. The van der Waals surface area contributed by atoms with Crippen LogP contribution < -0.4 is 4.74 Å². The molecule has 0 heterocycles. The van der Waals surface area contributed by atoms with E-state index in [1.165, 1.54) is 13.3 Å². The summed E-state index contributed by atoms with van der Waals surface area (Å²) < 4.78 is 11.2. The van der Waals surface area contributed by atoms with Crippen LogP contribution in [-0.4, -0.2) is 18.0 Å². The first-order chi connectivity index (χ1) is 13.1. The standard InChI is InChI=1S/C23H30O4/c1-18(24)26-21-14-12-19(13-15-21)23(16-8-3-2-4-9-17-23)22(25)27-20-10-6-5-7-11-20/h2-3,12-15,20H,4-11,16-17H2,1H3. The minimum Gasteiger partial charge on any atom is -0.462 e. The molecule has 2 aliphatic carbocycles. The van der Waals surface area contributed by atoms with Crippen LogP contribution in [0.5, 0.6) is 5.75 Å². The van der Waals surface area contributed by atoms with Crippen molar-refractivity contribution in [1.29, 1.82) is 0 Å². The van der Waals surface area contributed by atoms with Crippen LogP contribution in [-0.2, 0) is 19.7 Å². The van der Waals surface area contributed by atoms with Crippen LogP contribution in [0.4, 0.5) is 0 Å². The third-order valence-electron chi connectivity index (χ3n) is 5.76. The number of hydrogen-bond donors (Lipinski definition) is 0. The molecule has 1 aromatic carbocycles. The Morgan fingerprint density at radius 1 is 0.926 bits per heavy atom. The van der Waals surface area contributed by atoms with E-state index in [-0.39, 0.29) is 18.0 Å². The van der Waals surface area contributed by atoms with E-state index in [1.807, 2.05) is 12.1 Å². The Balaban J connectivity index is 1.85. The summed E-state index contributed by atoms with van der Waals surface area (Å²) in [5, 5.41) is 0. The van der Waals surface area contributed by atoms with E-state index in [0.29, 0.717) is 5.75 Å². The van der Waals surface area contributed by atoms with Gasteiger partial charge in [-0.3, -0.25) is 9.59 Å². The maximum absolute atomic E-state index is 13.4. The molecule has 0 aromatic heterocycles. The van der Waals surface area contributed by atoms with Crippen LogP contribution in [0, 0.1) is 0 Å². The van der Waals surface area contributed by atoms with E-state index >= 15 is 0 Å². The topological polar surface area (TPSA) is 52.6 Å². The summed E-state index contributed by atoms with van der Waals surface area (Å²) in [6, 6.07) is 7.40. The highest BCUT2D eigenvalue weighted by atomic mass is 16.5. The largest absolute Gasteiger partial charge is 0.462 e. The number of rotatable bonds is 4. The highest BCUT2D eigenvalue weighted by molar-refractivity contribution is 5.83. The molecule has 0 saturated heterocycles. The van der Waals surface area contributed by atoms with Crippen LogP contribution in [0.1, 0.15) is 76.7 Å². The molecule has 0 amide bonds. The zero-order valence-electron chi connectivity index (χ0n) is 16.2. The Bertz CT molecular complexity index is 670. The predicted molar refractivity (Wildman–Crippen MR) is 105 cm³/mol. The van der Waals surface area contributed by atoms with Crippen LogP contribution >= 0.6 is 0 Å². The van der Waals surface area contributed by atoms with Crippen molar-refractivity contribution >= 4 is 11.9 Å². The van der Waals surface area contributed by atoms with Gasteiger partial charge in [0, 0.05) is 6.92 Å². The second kappa shape index (κ2) is 9.20. The van der Waals surface area contributed by atoms with Crippen LogP contribution in [0.25, 0.3) is 0 Å². The Labute approximate surface area is 161 Å². The Kier molecular flexibility index (Phi) is 6.70. The molecule has 1 aromatic rings.